The monoisotopic (exact) mass is 230 g/mol. The van der Waals surface area contributed by atoms with Crippen molar-refractivity contribution in [1.82, 2.24) is 11.1 Å². The molecule has 4 nitrogen and oxygen atoms in total. The topological polar surface area (TPSA) is 64.5 Å². The summed E-state index contributed by atoms with van der Waals surface area (Å²) in [6.07, 6.45) is 3.31. The number of carbonyl (C=O) groups is 1. The summed E-state index contributed by atoms with van der Waals surface area (Å²) in [5.41, 5.74) is -0.376. The van der Waals surface area contributed by atoms with Gasteiger partial charge in [-0.3, -0.25) is 0 Å². The molecule has 0 bridgehead atoms. The lowest BCUT2D eigenvalue weighted by molar-refractivity contribution is 0.0183. The Balaban J connectivity index is 0.00000225. The molecule has 1 aliphatic heterocycles. The summed E-state index contributed by atoms with van der Waals surface area (Å²) in [5, 5.41) is 0. The van der Waals surface area contributed by atoms with E-state index in [0.717, 1.165) is 31.8 Å². The van der Waals surface area contributed by atoms with Gasteiger partial charge in [0.1, 0.15) is 5.60 Å². The molecule has 0 spiro atoms. The van der Waals surface area contributed by atoms with Crippen molar-refractivity contribution in [2.75, 3.05) is 13.1 Å². The summed E-state index contributed by atoms with van der Waals surface area (Å²) in [6.45, 7) is 9.64. The summed E-state index contributed by atoms with van der Waals surface area (Å²) in [7, 11) is 0. The lowest BCUT2D eigenvalue weighted by Gasteiger charge is -2.33. The van der Waals surface area contributed by atoms with Crippen molar-refractivity contribution in [2.45, 2.75) is 52.6 Å². The van der Waals surface area contributed by atoms with Crippen LogP contribution in [0, 0.1) is 5.92 Å². The highest BCUT2D eigenvalue weighted by Gasteiger charge is 2.25. The Morgan fingerprint density at radius 3 is 2.19 bits per heavy atom. The third kappa shape index (κ3) is 4.84. The largest absolute Gasteiger partial charge is 0.444 e. The van der Waals surface area contributed by atoms with E-state index in [-0.39, 0.29) is 17.8 Å². The van der Waals surface area contributed by atoms with Gasteiger partial charge in [-0.25, -0.2) is 4.79 Å². The summed E-state index contributed by atoms with van der Waals surface area (Å²) < 4.78 is 5.33. The fraction of sp³-hybridized carbons (Fsp3) is 0.917. The van der Waals surface area contributed by atoms with Crippen LogP contribution in [0.2, 0.25) is 0 Å². The summed E-state index contributed by atoms with van der Waals surface area (Å²) in [6, 6.07) is 0. The molecule has 1 saturated heterocycles. The van der Waals surface area contributed by atoms with Crippen molar-refractivity contribution in [3.05, 3.63) is 0 Å². The molecule has 1 amide bonds. The third-order valence-corrected chi connectivity index (χ3v) is 2.84. The number of hydrogen-bond donors (Lipinski definition) is 1. The van der Waals surface area contributed by atoms with Gasteiger partial charge in [0.25, 0.3) is 0 Å². The molecule has 96 valence electrons. The maximum atomic E-state index is 11.7. The van der Waals surface area contributed by atoms with Crippen LogP contribution < -0.4 is 6.15 Å². The van der Waals surface area contributed by atoms with Crippen LogP contribution in [0.1, 0.15) is 47.0 Å². The Morgan fingerprint density at radius 1 is 1.31 bits per heavy atom. The summed E-state index contributed by atoms with van der Waals surface area (Å²) >= 11 is 0. The van der Waals surface area contributed by atoms with Crippen LogP contribution in [0.4, 0.5) is 4.79 Å². The van der Waals surface area contributed by atoms with Gasteiger partial charge in [-0.2, -0.15) is 0 Å². The molecule has 1 aliphatic rings. The van der Waals surface area contributed by atoms with Gasteiger partial charge < -0.3 is 15.8 Å². The fourth-order valence-electron chi connectivity index (χ4n) is 1.85. The van der Waals surface area contributed by atoms with E-state index < -0.39 is 0 Å². The third-order valence-electron chi connectivity index (χ3n) is 2.84. The summed E-state index contributed by atoms with van der Waals surface area (Å²) in [4.78, 5) is 13.5. The molecule has 0 aromatic rings. The van der Waals surface area contributed by atoms with Gasteiger partial charge in [0.2, 0.25) is 0 Å². The average Bonchev–Trinajstić information content (AvgIpc) is 2.15. The smallest absolute Gasteiger partial charge is 0.410 e. The van der Waals surface area contributed by atoms with E-state index in [0.29, 0.717) is 0 Å². The van der Waals surface area contributed by atoms with E-state index in [1.807, 2.05) is 25.7 Å². The highest BCUT2D eigenvalue weighted by molar-refractivity contribution is 5.68. The SMILES string of the molecule is CCC1CCN(C(=O)OC(C)(C)C)CC1.N. The molecule has 4 heteroatoms. The standard InChI is InChI=1S/C12H23NO2.H3N/c1-5-10-6-8-13(9-7-10)11(14)15-12(2,3)4;/h10H,5-9H2,1-4H3;1H3. The van der Waals surface area contributed by atoms with Gasteiger partial charge in [-0.15, -0.1) is 0 Å². The zero-order valence-electron chi connectivity index (χ0n) is 11.1. The Bertz CT molecular complexity index is 216. The van der Waals surface area contributed by atoms with Crippen molar-refractivity contribution in [3.8, 4) is 0 Å². The van der Waals surface area contributed by atoms with Gasteiger partial charge in [-0.1, -0.05) is 13.3 Å². The minimum absolute atomic E-state index is 0. The molecule has 0 unspecified atom stereocenters. The average molecular weight is 230 g/mol. The Labute approximate surface area is 98.9 Å². The van der Waals surface area contributed by atoms with Gasteiger partial charge in [0, 0.05) is 13.1 Å². The molecule has 1 fully saturated rings. The number of likely N-dealkylation sites (tertiary alicyclic amines) is 1. The molecule has 0 atom stereocenters. The highest BCUT2D eigenvalue weighted by atomic mass is 16.6. The van der Waals surface area contributed by atoms with Gasteiger partial charge in [0.15, 0.2) is 0 Å². The second kappa shape index (κ2) is 6.09. The van der Waals surface area contributed by atoms with Crippen LogP contribution in [0.5, 0.6) is 0 Å². The predicted molar refractivity (Wildman–Crippen MR) is 65.8 cm³/mol. The van der Waals surface area contributed by atoms with E-state index in [1.54, 1.807) is 0 Å². The Kier molecular flexibility index (Phi) is 5.79. The highest BCUT2D eigenvalue weighted by Crippen LogP contribution is 2.21. The molecule has 1 heterocycles. The Hall–Kier alpha value is -0.770. The number of piperidine rings is 1. The number of hydrogen-bond acceptors (Lipinski definition) is 3. The second-order valence-electron chi connectivity index (χ2n) is 5.32. The second-order valence-corrected chi connectivity index (χ2v) is 5.32. The van der Waals surface area contributed by atoms with E-state index in [4.69, 9.17) is 4.74 Å². The predicted octanol–water partition coefficient (Wildman–Crippen LogP) is 3.21. The van der Waals surface area contributed by atoms with E-state index in [2.05, 4.69) is 6.92 Å². The van der Waals surface area contributed by atoms with Crippen molar-refractivity contribution in [3.63, 3.8) is 0 Å². The van der Waals surface area contributed by atoms with Crippen LogP contribution in [0.15, 0.2) is 0 Å². The van der Waals surface area contributed by atoms with E-state index in [1.165, 1.54) is 6.42 Å². The first-order valence-electron chi connectivity index (χ1n) is 5.90. The number of carbonyl (C=O) groups excluding carboxylic acids is 1. The van der Waals surface area contributed by atoms with Crippen LogP contribution in [0.25, 0.3) is 0 Å². The zero-order valence-corrected chi connectivity index (χ0v) is 11.1. The van der Waals surface area contributed by atoms with Crippen LogP contribution in [-0.4, -0.2) is 29.7 Å². The maximum absolute atomic E-state index is 11.7. The number of nitrogens with zero attached hydrogens (tertiary/aromatic N) is 1. The summed E-state index contributed by atoms with van der Waals surface area (Å²) in [5.74, 6) is 0.795. The van der Waals surface area contributed by atoms with Gasteiger partial charge in [-0.05, 0) is 39.5 Å². The fourth-order valence-corrected chi connectivity index (χ4v) is 1.85. The molecule has 0 aromatic heterocycles. The van der Waals surface area contributed by atoms with Crippen molar-refractivity contribution in [2.24, 2.45) is 5.92 Å². The molecule has 3 N–H and O–H groups in total. The van der Waals surface area contributed by atoms with Crippen LogP contribution >= 0.6 is 0 Å². The van der Waals surface area contributed by atoms with Crippen molar-refractivity contribution >= 4 is 6.09 Å². The van der Waals surface area contributed by atoms with Gasteiger partial charge >= 0.3 is 6.09 Å². The van der Waals surface area contributed by atoms with E-state index >= 15 is 0 Å². The first-order valence-corrected chi connectivity index (χ1v) is 5.90. The van der Waals surface area contributed by atoms with Crippen LogP contribution in [-0.2, 0) is 4.74 Å². The van der Waals surface area contributed by atoms with Crippen LogP contribution in [0.3, 0.4) is 0 Å². The molecule has 1 rings (SSSR count). The molecular formula is C12H26N2O2. The normalized spacial score (nSPS) is 17.9. The molecule has 16 heavy (non-hydrogen) atoms. The lowest BCUT2D eigenvalue weighted by atomic mass is 9.95. The first kappa shape index (κ1) is 15.2. The molecule has 0 radical (unpaired) electrons. The zero-order chi connectivity index (χ0) is 11.5. The maximum Gasteiger partial charge on any atom is 0.410 e. The first-order chi connectivity index (χ1) is 6.92. The lowest BCUT2D eigenvalue weighted by Crippen LogP contribution is -2.41. The van der Waals surface area contributed by atoms with Crippen molar-refractivity contribution < 1.29 is 9.53 Å². The molecular weight excluding hydrogens is 204 g/mol. The molecule has 0 aliphatic carbocycles. The van der Waals surface area contributed by atoms with Gasteiger partial charge in [0.05, 0.1) is 0 Å². The minimum Gasteiger partial charge on any atom is -0.444 e. The minimum atomic E-state index is -0.376. The Morgan fingerprint density at radius 2 is 1.81 bits per heavy atom. The quantitative estimate of drug-likeness (QED) is 0.752. The van der Waals surface area contributed by atoms with Crippen molar-refractivity contribution in [1.29, 1.82) is 0 Å². The molecule has 0 saturated carbocycles. The number of amides is 1. The van der Waals surface area contributed by atoms with E-state index in [9.17, 15) is 4.79 Å². The molecule has 0 aromatic carbocycles. The number of ether oxygens (including phenoxy) is 1. The number of rotatable bonds is 1.